The van der Waals surface area contributed by atoms with Crippen molar-refractivity contribution < 1.29 is 10.2 Å². The number of hydrogen-bond acceptors (Lipinski definition) is 2. The first-order valence-corrected chi connectivity index (χ1v) is 10.6. The average molecular weight is 339 g/mol. The van der Waals surface area contributed by atoms with Crippen LogP contribution in [0.2, 0.25) is 0 Å². The van der Waals surface area contributed by atoms with Gasteiger partial charge in [-0.2, -0.15) is 0 Å². The van der Waals surface area contributed by atoms with Gasteiger partial charge < -0.3 is 10.2 Å². The third-order valence-electron chi connectivity index (χ3n) is 7.39. The molecule has 0 amide bonds. The summed E-state index contributed by atoms with van der Waals surface area (Å²) in [6.07, 6.45) is 12.1. The Morgan fingerprint density at radius 2 is 1.83 bits per heavy atom. The lowest BCUT2D eigenvalue weighted by atomic mass is 9.71. The summed E-state index contributed by atoms with van der Waals surface area (Å²) in [4.78, 5) is 0. The fourth-order valence-electron chi connectivity index (χ4n) is 5.44. The Hall–Kier alpha value is -0.0800. The van der Waals surface area contributed by atoms with Crippen molar-refractivity contribution in [3.8, 4) is 0 Å². The maximum Gasteiger partial charge on any atom is 0.0568 e. The average Bonchev–Trinajstić information content (AvgIpc) is 2.91. The fourth-order valence-corrected chi connectivity index (χ4v) is 5.44. The molecule has 2 rings (SSSR count). The number of fused-ring (bicyclic) bond motifs is 1. The zero-order valence-corrected chi connectivity index (χ0v) is 16.6. The molecular formula is C22H42O2. The van der Waals surface area contributed by atoms with Gasteiger partial charge in [0.25, 0.3) is 0 Å². The summed E-state index contributed by atoms with van der Waals surface area (Å²) in [7, 11) is 0. The van der Waals surface area contributed by atoms with Gasteiger partial charge in [-0.15, -0.1) is 0 Å². The maximum absolute atomic E-state index is 10.7. The Balaban J connectivity index is 1.71. The number of aliphatic hydroxyl groups is 2. The van der Waals surface area contributed by atoms with Gasteiger partial charge in [0.2, 0.25) is 0 Å². The van der Waals surface area contributed by atoms with Crippen LogP contribution < -0.4 is 0 Å². The van der Waals surface area contributed by atoms with Crippen molar-refractivity contribution in [2.45, 2.75) is 98.0 Å². The zero-order valence-electron chi connectivity index (χ0n) is 16.6. The van der Waals surface area contributed by atoms with Gasteiger partial charge in [-0.3, -0.25) is 0 Å². The highest BCUT2D eigenvalue weighted by atomic mass is 16.3. The normalized spacial score (nSPS) is 33.2. The summed E-state index contributed by atoms with van der Waals surface area (Å²) in [6.45, 7) is 9.56. The molecule has 24 heavy (non-hydrogen) atoms. The Morgan fingerprint density at radius 3 is 2.54 bits per heavy atom. The predicted molar refractivity (Wildman–Crippen MR) is 102 cm³/mol. The van der Waals surface area contributed by atoms with E-state index in [0.29, 0.717) is 12.5 Å². The number of rotatable bonds is 9. The lowest BCUT2D eigenvalue weighted by molar-refractivity contribution is 0.0575. The minimum Gasteiger partial charge on any atom is -0.396 e. The van der Waals surface area contributed by atoms with Crippen molar-refractivity contribution in [2.75, 3.05) is 6.61 Å². The molecule has 2 saturated carbocycles. The van der Waals surface area contributed by atoms with E-state index < -0.39 is 0 Å². The maximum atomic E-state index is 10.7. The topological polar surface area (TPSA) is 40.5 Å². The van der Waals surface area contributed by atoms with Crippen LogP contribution in [0, 0.1) is 35.0 Å². The van der Waals surface area contributed by atoms with Crippen LogP contribution in [0.1, 0.15) is 91.9 Å². The Labute approximate surface area is 150 Å². The standard InChI is InChI=1S/C22H42O2/c1-16-6-8-19-14-18(7-9-20(16)19)15-21(24)17(2)10-12-22(3,4)11-5-13-23/h16-21,23-24H,5-15H2,1-4H3/t16-,17+,18-,19-,20?,21?/m0/s1. The molecule has 2 aliphatic carbocycles. The lowest BCUT2D eigenvalue weighted by Crippen LogP contribution is -2.28. The van der Waals surface area contributed by atoms with Gasteiger partial charge in [-0.25, -0.2) is 0 Å². The number of hydrogen-bond donors (Lipinski definition) is 2. The van der Waals surface area contributed by atoms with Gasteiger partial charge in [0.15, 0.2) is 0 Å². The second-order valence-electron chi connectivity index (χ2n) is 9.97. The van der Waals surface area contributed by atoms with Crippen molar-refractivity contribution >= 4 is 0 Å². The molecule has 2 heteroatoms. The molecule has 2 aliphatic rings. The molecule has 142 valence electrons. The summed E-state index contributed by atoms with van der Waals surface area (Å²) < 4.78 is 0. The number of aliphatic hydroxyl groups excluding tert-OH is 2. The monoisotopic (exact) mass is 338 g/mol. The molecule has 0 aromatic carbocycles. The summed E-state index contributed by atoms with van der Waals surface area (Å²) in [5.74, 6) is 4.05. The van der Waals surface area contributed by atoms with E-state index in [2.05, 4.69) is 27.7 Å². The van der Waals surface area contributed by atoms with Crippen LogP contribution in [0.4, 0.5) is 0 Å². The molecule has 0 saturated heterocycles. The first kappa shape index (κ1) is 20.2. The molecule has 0 radical (unpaired) electrons. The largest absolute Gasteiger partial charge is 0.396 e. The van der Waals surface area contributed by atoms with E-state index >= 15 is 0 Å². The first-order chi connectivity index (χ1) is 11.3. The van der Waals surface area contributed by atoms with E-state index in [1.165, 1.54) is 32.1 Å². The van der Waals surface area contributed by atoms with Crippen molar-refractivity contribution in [3.63, 3.8) is 0 Å². The quantitative estimate of drug-likeness (QED) is 0.589. The van der Waals surface area contributed by atoms with Gasteiger partial charge >= 0.3 is 0 Å². The third-order valence-corrected chi connectivity index (χ3v) is 7.39. The molecule has 0 aromatic heterocycles. The van der Waals surface area contributed by atoms with Crippen LogP contribution in [0.25, 0.3) is 0 Å². The van der Waals surface area contributed by atoms with Gasteiger partial charge in [-0.1, -0.05) is 40.5 Å². The van der Waals surface area contributed by atoms with E-state index in [1.54, 1.807) is 0 Å². The van der Waals surface area contributed by atoms with Crippen LogP contribution in [-0.4, -0.2) is 22.9 Å². The second-order valence-corrected chi connectivity index (χ2v) is 9.97. The summed E-state index contributed by atoms with van der Waals surface area (Å²) in [5.41, 5.74) is 0.286. The summed E-state index contributed by atoms with van der Waals surface area (Å²) >= 11 is 0. The molecular weight excluding hydrogens is 296 g/mol. The molecule has 2 unspecified atom stereocenters. The summed E-state index contributed by atoms with van der Waals surface area (Å²) in [6, 6.07) is 0. The molecule has 0 bridgehead atoms. The minimum atomic E-state index is -0.126. The van der Waals surface area contributed by atoms with Crippen LogP contribution in [0.5, 0.6) is 0 Å². The van der Waals surface area contributed by atoms with Crippen LogP contribution in [-0.2, 0) is 0 Å². The molecule has 2 N–H and O–H groups in total. The van der Waals surface area contributed by atoms with E-state index in [1.807, 2.05) is 0 Å². The SMILES string of the molecule is C[C@H](CCC(C)(C)CCCO)C(O)C[C@H]1CCC2[C@@H](CC[C@@H]2C)C1. The molecule has 2 nitrogen and oxygen atoms in total. The van der Waals surface area contributed by atoms with Crippen LogP contribution >= 0.6 is 0 Å². The lowest BCUT2D eigenvalue weighted by Gasteiger charge is -2.35. The van der Waals surface area contributed by atoms with Gasteiger partial charge in [-0.05, 0) is 86.4 Å². The van der Waals surface area contributed by atoms with Gasteiger partial charge in [0.05, 0.1) is 6.10 Å². The van der Waals surface area contributed by atoms with Crippen molar-refractivity contribution in [1.29, 1.82) is 0 Å². The van der Waals surface area contributed by atoms with E-state index in [-0.39, 0.29) is 11.5 Å². The highest BCUT2D eigenvalue weighted by Crippen LogP contribution is 2.48. The molecule has 0 aliphatic heterocycles. The van der Waals surface area contributed by atoms with Crippen molar-refractivity contribution in [3.05, 3.63) is 0 Å². The van der Waals surface area contributed by atoms with Crippen molar-refractivity contribution in [2.24, 2.45) is 35.0 Å². The Morgan fingerprint density at radius 1 is 1.08 bits per heavy atom. The van der Waals surface area contributed by atoms with E-state index in [9.17, 15) is 5.11 Å². The van der Waals surface area contributed by atoms with Crippen LogP contribution in [0.15, 0.2) is 0 Å². The van der Waals surface area contributed by atoms with Crippen LogP contribution in [0.3, 0.4) is 0 Å². The van der Waals surface area contributed by atoms with Gasteiger partial charge in [0, 0.05) is 6.61 Å². The Kier molecular flexibility index (Phi) is 7.61. The molecule has 0 aromatic rings. The van der Waals surface area contributed by atoms with Gasteiger partial charge in [0.1, 0.15) is 0 Å². The molecule has 6 atom stereocenters. The predicted octanol–water partition coefficient (Wildman–Crippen LogP) is 5.41. The second kappa shape index (κ2) is 9.03. The third kappa shape index (κ3) is 5.73. The van der Waals surface area contributed by atoms with Crippen molar-refractivity contribution in [1.82, 2.24) is 0 Å². The molecule has 2 fully saturated rings. The minimum absolute atomic E-state index is 0.126. The first-order valence-electron chi connectivity index (χ1n) is 10.6. The summed E-state index contributed by atoms with van der Waals surface area (Å²) in [5, 5.41) is 19.7. The fraction of sp³-hybridized carbons (Fsp3) is 1.00. The Bertz CT molecular complexity index is 365. The zero-order chi connectivity index (χ0) is 17.7. The molecule has 0 heterocycles. The van der Waals surface area contributed by atoms with E-state index in [4.69, 9.17) is 5.11 Å². The highest BCUT2D eigenvalue weighted by Gasteiger charge is 2.38. The van der Waals surface area contributed by atoms with E-state index in [0.717, 1.165) is 55.8 Å². The smallest absolute Gasteiger partial charge is 0.0568 e. The molecule has 0 spiro atoms. The highest BCUT2D eigenvalue weighted by molar-refractivity contribution is 4.89.